The largest absolute Gasteiger partial charge is 0.382 e. The summed E-state index contributed by atoms with van der Waals surface area (Å²) >= 11 is 0. The van der Waals surface area contributed by atoms with Gasteiger partial charge in [-0.15, -0.1) is 0 Å². The molecule has 0 saturated heterocycles. The first-order valence-electron chi connectivity index (χ1n) is 5.22. The Labute approximate surface area is 89.2 Å². The zero-order valence-corrected chi connectivity index (χ0v) is 8.92. The molecule has 1 aliphatic carbocycles. The second-order valence-electron chi connectivity index (χ2n) is 4.24. The van der Waals surface area contributed by atoms with Gasteiger partial charge in [-0.25, -0.2) is 4.39 Å². The number of hydrogen-bond acceptors (Lipinski definition) is 2. The smallest absolute Gasteiger partial charge is 0.123 e. The zero-order chi connectivity index (χ0) is 10.9. The molecule has 1 atom stereocenters. The lowest BCUT2D eigenvalue weighted by atomic mass is 9.77. The van der Waals surface area contributed by atoms with Crippen LogP contribution in [0.15, 0.2) is 18.2 Å². The minimum atomic E-state index is -0.434. The molecule has 1 unspecified atom stereocenters. The molecule has 0 aromatic heterocycles. The van der Waals surface area contributed by atoms with Gasteiger partial charge in [-0.2, -0.15) is 0 Å². The van der Waals surface area contributed by atoms with Crippen LogP contribution in [0.5, 0.6) is 0 Å². The van der Waals surface area contributed by atoms with Gasteiger partial charge < -0.3 is 10.5 Å². The first-order valence-corrected chi connectivity index (χ1v) is 5.22. The molecule has 0 saturated carbocycles. The van der Waals surface area contributed by atoms with Crippen molar-refractivity contribution in [3.8, 4) is 0 Å². The molecule has 0 spiro atoms. The van der Waals surface area contributed by atoms with Gasteiger partial charge in [0.2, 0.25) is 0 Å². The van der Waals surface area contributed by atoms with Crippen LogP contribution in [-0.4, -0.2) is 13.7 Å². The summed E-state index contributed by atoms with van der Waals surface area (Å²) in [6.45, 7) is 0.492. The van der Waals surface area contributed by atoms with Crippen LogP contribution < -0.4 is 5.73 Å². The number of ether oxygens (including phenoxy) is 1. The van der Waals surface area contributed by atoms with E-state index in [4.69, 9.17) is 10.5 Å². The third kappa shape index (κ3) is 1.90. The van der Waals surface area contributed by atoms with Crippen molar-refractivity contribution in [3.63, 3.8) is 0 Å². The highest BCUT2D eigenvalue weighted by molar-refractivity contribution is 5.36. The van der Waals surface area contributed by atoms with E-state index in [1.807, 2.05) is 0 Å². The van der Waals surface area contributed by atoms with Crippen LogP contribution in [-0.2, 0) is 16.7 Å². The van der Waals surface area contributed by atoms with Crippen molar-refractivity contribution in [2.45, 2.75) is 24.8 Å². The van der Waals surface area contributed by atoms with Crippen LogP contribution in [0.2, 0.25) is 0 Å². The molecule has 82 valence electrons. The van der Waals surface area contributed by atoms with E-state index in [9.17, 15) is 4.39 Å². The molecule has 15 heavy (non-hydrogen) atoms. The highest BCUT2D eigenvalue weighted by Gasteiger charge is 2.32. The third-order valence-electron chi connectivity index (χ3n) is 3.07. The van der Waals surface area contributed by atoms with Gasteiger partial charge in [0.15, 0.2) is 0 Å². The van der Waals surface area contributed by atoms with E-state index in [-0.39, 0.29) is 5.82 Å². The standard InChI is InChI=1S/C12H16FNO/c1-15-8-12(14)6-2-3-9-7-10(13)4-5-11(9)12/h4-5,7H,2-3,6,8,14H2,1H3. The molecular formula is C12H16FNO. The summed E-state index contributed by atoms with van der Waals surface area (Å²) in [5.41, 5.74) is 7.92. The quantitative estimate of drug-likeness (QED) is 0.808. The van der Waals surface area contributed by atoms with Crippen LogP contribution in [0, 0.1) is 5.82 Å². The van der Waals surface area contributed by atoms with E-state index in [0.717, 1.165) is 30.4 Å². The Morgan fingerprint density at radius 2 is 2.33 bits per heavy atom. The molecule has 2 N–H and O–H groups in total. The summed E-state index contributed by atoms with van der Waals surface area (Å²) in [4.78, 5) is 0. The van der Waals surface area contributed by atoms with Crippen molar-refractivity contribution in [1.82, 2.24) is 0 Å². The molecule has 1 aliphatic rings. The van der Waals surface area contributed by atoms with Crippen molar-refractivity contribution >= 4 is 0 Å². The average Bonchev–Trinajstić information content (AvgIpc) is 2.17. The Bertz CT molecular complexity index is 367. The molecular weight excluding hydrogens is 193 g/mol. The fraction of sp³-hybridized carbons (Fsp3) is 0.500. The Morgan fingerprint density at radius 3 is 3.07 bits per heavy atom. The van der Waals surface area contributed by atoms with E-state index in [1.54, 1.807) is 19.2 Å². The fourth-order valence-electron chi connectivity index (χ4n) is 2.39. The maximum absolute atomic E-state index is 13.1. The van der Waals surface area contributed by atoms with Gasteiger partial charge in [0, 0.05) is 7.11 Å². The predicted molar refractivity (Wildman–Crippen MR) is 57.1 cm³/mol. The number of hydrogen-bond donors (Lipinski definition) is 1. The summed E-state index contributed by atoms with van der Waals surface area (Å²) in [6.07, 6.45) is 2.81. The van der Waals surface area contributed by atoms with E-state index in [1.165, 1.54) is 6.07 Å². The van der Waals surface area contributed by atoms with Gasteiger partial charge in [-0.05, 0) is 42.5 Å². The Morgan fingerprint density at radius 1 is 1.53 bits per heavy atom. The Hall–Kier alpha value is -0.930. The summed E-state index contributed by atoms with van der Waals surface area (Å²) in [6, 6.07) is 4.86. The normalized spacial score (nSPS) is 25.0. The average molecular weight is 209 g/mol. The highest BCUT2D eigenvalue weighted by Crippen LogP contribution is 2.33. The van der Waals surface area contributed by atoms with Crippen molar-refractivity contribution in [2.24, 2.45) is 5.73 Å². The molecule has 0 fully saturated rings. The number of fused-ring (bicyclic) bond motifs is 1. The maximum atomic E-state index is 13.1. The van der Waals surface area contributed by atoms with Crippen molar-refractivity contribution in [2.75, 3.05) is 13.7 Å². The van der Waals surface area contributed by atoms with Crippen molar-refractivity contribution in [1.29, 1.82) is 0 Å². The molecule has 1 aromatic rings. The highest BCUT2D eigenvalue weighted by atomic mass is 19.1. The molecule has 2 nitrogen and oxygen atoms in total. The molecule has 2 rings (SSSR count). The summed E-state index contributed by atoms with van der Waals surface area (Å²) < 4.78 is 18.2. The summed E-state index contributed by atoms with van der Waals surface area (Å²) in [5.74, 6) is -0.185. The van der Waals surface area contributed by atoms with Gasteiger partial charge >= 0.3 is 0 Å². The Balaban J connectivity index is 2.42. The molecule has 0 heterocycles. The topological polar surface area (TPSA) is 35.2 Å². The van der Waals surface area contributed by atoms with E-state index >= 15 is 0 Å². The number of methoxy groups -OCH3 is 1. The SMILES string of the molecule is COCC1(N)CCCc2cc(F)ccc21. The molecule has 0 aliphatic heterocycles. The van der Waals surface area contributed by atoms with Crippen molar-refractivity contribution < 1.29 is 9.13 Å². The molecule has 0 amide bonds. The van der Waals surface area contributed by atoms with E-state index < -0.39 is 5.54 Å². The lowest BCUT2D eigenvalue weighted by Gasteiger charge is -2.35. The van der Waals surface area contributed by atoms with Gasteiger partial charge in [0.25, 0.3) is 0 Å². The minimum Gasteiger partial charge on any atom is -0.382 e. The second kappa shape index (κ2) is 3.91. The van der Waals surface area contributed by atoms with Gasteiger partial charge in [0.1, 0.15) is 5.82 Å². The first-order chi connectivity index (χ1) is 7.15. The van der Waals surface area contributed by atoms with E-state index in [2.05, 4.69) is 0 Å². The maximum Gasteiger partial charge on any atom is 0.123 e. The van der Waals surface area contributed by atoms with Gasteiger partial charge in [-0.3, -0.25) is 0 Å². The second-order valence-corrected chi connectivity index (χ2v) is 4.24. The molecule has 0 bridgehead atoms. The number of aryl methyl sites for hydroxylation is 1. The van der Waals surface area contributed by atoms with Gasteiger partial charge in [0.05, 0.1) is 12.1 Å². The van der Waals surface area contributed by atoms with Gasteiger partial charge in [-0.1, -0.05) is 6.07 Å². The molecule has 3 heteroatoms. The number of halogens is 1. The monoisotopic (exact) mass is 209 g/mol. The number of benzene rings is 1. The van der Waals surface area contributed by atoms with Crippen LogP contribution in [0.25, 0.3) is 0 Å². The predicted octanol–water partition coefficient (Wildman–Crippen LogP) is 1.96. The molecule has 1 aromatic carbocycles. The minimum absolute atomic E-state index is 0.185. The van der Waals surface area contributed by atoms with Crippen LogP contribution in [0.1, 0.15) is 24.0 Å². The first kappa shape index (κ1) is 10.6. The summed E-state index contributed by atoms with van der Waals surface area (Å²) in [7, 11) is 1.65. The van der Waals surface area contributed by atoms with Crippen LogP contribution in [0.4, 0.5) is 4.39 Å². The lowest BCUT2D eigenvalue weighted by Crippen LogP contribution is -2.44. The lowest BCUT2D eigenvalue weighted by molar-refractivity contribution is 0.121. The number of nitrogens with two attached hydrogens (primary N) is 1. The third-order valence-corrected chi connectivity index (χ3v) is 3.07. The zero-order valence-electron chi connectivity index (χ0n) is 8.92. The van der Waals surface area contributed by atoms with E-state index in [0.29, 0.717) is 6.61 Å². The molecule has 0 radical (unpaired) electrons. The van der Waals surface area contributed by atoms with Crippen molar-refractivity contribution in [3.05, 3.63) is 35.1 Å². The van der Waals surface area contributed by atoms with Crippen LogP contribution >= 0.6 is 0 Å². The van der Waals surface area contributed by atoms with Crippen LogP contribution in [0.3, 0.4) is 0 Å². The Kier molecular flexibility index (Phi) is 2.76. The summed E-state index contributed by atoms with van der Waals surface area (Å²) in [5, 5.41) is 0. The number of rotatable bonds is 2. The fourth-order valence-corrected chi connectivity index (χ4v) is 2.39.